The van der Waals surface area contributed by atoms with Gasteiger partial charge >= 0.3 is 11.9 Å². The van der Waals surface area contributed by atoms with Gasteiger partial charge in [-0.15, -0.1) is 0 Å². The van der Waals surface area contributed by atoms with Crippen molar-refractivity contribution in [2.45, 2.75) is 104 Å². The summed E-state index contributed by atoms with van der Waals surface area (Å²) in [6, 6.07) is 6.01. The van der Waals surface area contributed by atoms with Crippen LogP contribution in [0, 0.1) is 5.92 Å². The molecular weight excluding hydrogens is 364 g/mol. The third-order valence-corrected chi connectivity index (χ3v) is 5.72. The summed E-state index contributed by atoms with van der Waals surface area (Å²) in [5.74, 6) is -0.613. The highest BCUT2D eigenvalue weighted by Crippen LogP contribution is 2.31. The molecular formula is C25H40O4. The Kier molecular flexibility index (Phi) is 11.6. The molecule has 0 spiro atoms. The van der Waals surface area contributed by atoms with E-state index in [0.29, 0.717) is 5.56 Å². The number of hydrogen-bond donors (Lipinski definition) is 1. The first-order valence-electron chi connectivity index (χ1n) is 11.4. The number of carboxylic acid groups (broad SMARTS) is 1. The van der Waals surface area contributed by atoms with Crippen molar-refractivity contribution in [1.82, 2.24) is 0 Å². The summed E-state index contributed by atoms with van der Waals surface area (Å²) in [6.07, 6.45) is 11.9. The molecule has 4 heteroatoms. The molecule has 29 heavy (non-hydrogen) atoms. The number of carbonyl (C=O) groups excluding carboxylic acids is 1. The van der Waals surface area contributed by atoms with E-state index in [1.54, 1.807) is 12.1 Å². The Labute approximate surface area is 177 Å². The van der Waals surface area contributed by atoms with Crippen molar-refractivity contribution in [2.24, 2.45) is 5.92 Å². The highest BCUT2D eigenvalue weighted by molar-refractivity contribution is 5.92. The second-order valence-corrected chi connectivity index (χ2v) is 8.61. The van der Waals surface area contributed by atoms with Gasteiger partial charge < -0.3 is 9.84 Å². The van der Waals surface area contributed by atoms with Gasteiger partial charge in [0.2, 0.25) is 0 Å². The molecule has 1 aromatic carbocycles. The molecule has 1 aromatic rings. The molecule has 1 atom stereocenters. The summed E-state index contributed by atoms with van der Waals surface area (Å²) in [6.45, 7) is 8.81. The van der Waals surface area contributed by atoms with Gasteiger partial charge in [0.1, 0.15) is 5.60 Å². The maximum absolute atomic E-state index is 12.8. The number of carboxylic acids is 1. The number of unbranched alkanes of at least 4 members (excludes halogenated alkanes) is 5. The van der Waals surface area contributed by atoms with Crippen molar-refractivity contribution >= 4 is 11.9 Å². The van der Waals surface area contributed by atoms with Crippen LogP contribution in [0.4, 0.5) is 0 Å². The molecule has 0 fully saturated rings. The van der Waals surface area contributed by atoms with Crippen LogP contribution in [-0.4, -0.2) is 22.6 Å². The average molecular weight is 405 g/mol. The second kappa shape index (κ2) is 13.4. The minimum absolute atomic E-state index is 0.174. The first kappa shape index (κ1) is 25.2. The van der Waals surface area contributed by atoms with E-state index in [0.717, 1.165) is 44.4 Å². The van der Waals surface area contributed by atoms with Gasteiger partial charge in [-0.25, -0.2) is 9.59 Å². The van der Waals surface area contributed by atoms with E-state index in [-0.39, 0.29) is 11.5 Å². The highest BCUT2D eigenvalue weighted by atomic mass is 16.6. The number of ether oxygens (including phenoxy) is 1. The van der Waals surface area contributed by atoms with Gasteiger partial charge in [-0.05, 0) is 62.3 Å². The topological polar surface area (TPSA) is 63.6 Å². The number of aromatic carboxylic acids is 1. The lowest BCUT2D eigenvalue weighted by Gasteiger charge is -2.33. The van der Waals surface area contributed by atoms with E-state index in [1.807, 2.05) is 0 Å². The van der Waals surface area contributed by atoms with Gasteiger partial charge in [-0.1, -0.05) is 66.2 Å². The third kappa shape index (κ3) is 9.47. The fourth-order valence-corrected chi connectivity index (χ4v) is 3.71. The van der Waals surface area contributed by atoms with Crippen LogP contribution in [0.2, 0.25) is 0 Å². The van der Waals surface area contributed by atoms with Gasteiger partial charge in [-0.3, -0.25) is 0 Å². The zero-order chi connectivity index (χ0) is 21.7. The fraction of sp³-hybridized carbons (Fsp3) is 0.680. The zero-order valence-corrected chi connectivity index (χ0v) is 18.8. The molecule has 1 rings (SSSR count). The van der Waals surface area contributed by atoms with Gasteiger partial charge in [0, 0.05) is 0 Å². The molecule has 0 amide bonds. The van der Waals surface area contributed by atoms with Crippen LogP contribution in [0.25, 0.3) is 0 Å². The molecule has 164 valence electrons. The maximum atomic E-state index is 12.8. The standard InChI is InChI=1S/C25H40O4/c1-5-7-8-11-18-25(6-2,19-12-9-10-13-20(3)4)29-24(28)22-16-14-21(15-17-22)23(26)27/h14-17,20H,5-13,18-19H2,1-4H3,(H,26,27). The average Bonchev–Trinajstić information content (AvgIpc) is 2.70. The normalized spacial score (nSPS) is 13.3. The zero-order valence-electron chi connectivity index (χ0n) is 18.8. The number of rotatable bonds is 15. The van der Waals surface area contributed by atoms with Crippen LogP contribution in [0.3, 0.4) is 0 Å². The molecule has 0 saturated carbocycles. The molecule has 0 saturated heterocycles. The molecule has 0 heterocycles. The Morgan fingerprint density at radius 3 is 1.93 bits per heavy atom. The number of esters is 1. The summed E-state index contributed by atoms with van der Waals surface area (Å²) in [4.78, 5) is 23.8. The van der Waals surface area contributed by atoms with E-state index in [9.17, 15) is 9.59 Å². The van der Waals surface area contributed by atoms with Crippen LogP contribution < -0.4 is 0 Å². The highest BCUT2D eigenvalue weighted by Gasteiger charge is 2.32. The molecule has 0 radical (unpaired) electrons. The smallest absolute Gasteiger partial charge is 0.338 e. The molecule has 4 nitrogen and oxygen atoms in total. The Morgan fingerprint density at radius 1 is 0.897 bits per heavy atom. The number of hydrogen-bond acceptors (Lipinski definition) is 3. The van der Waals surface area contributed by atoms with Gasteiger partial charge in [0.15, 0.2) is 0 Å². The van der Waals surface area contributed by atoms with E-state index < -0.39 is 11.6 Å². The van der Waals surface area contributed by atoms with Crippen LogP contribution in [-0.2, 0) is 4.74 Å². The Balaban J connectivity index is 2.78. The molecule has 0 aliphatic heterocycles. The third-order valence-electron chi connectivity index (χ3n) is 5.72. The van der Waals surface area contributed by atoms with E-state index in [4.69, 9.17) is 9.84 Å². The number of carbonyl (C=O) groups is 2. The molecule has 1 N–H and O–H groups in total. The summed E-state index contributed by atoms with van der Waals surface area (Å²) in [5, 5.41) is 9.04. The van der Waals surface area contributed by atoms with Crippen molar-refractivity contribution in [3.05, 3.63) is 35.4 Å². The second-order valence-electron chi connectivity index (χ2n) is 8.61. The van der Waals surface area contributed by atoms with Gasteiger partial charge in [0.05, 0.1) is 11.1 Å². The lowest BCUT2D eigenvalue weighted by Crippen LogP contribution is -2.35. The quantitative estimate of drug-likeness (QED) is 0.247. The number of benzene rings is 1. The van der Waals surface area contributed by atoms with Crippen molar-refractivity contribution in [3.8, 4) is 0 Å². The predicted octanol–water partition coefficient (Wildman–Crippen LogP) is 7.27. The van der Waals surface area contributed by atoms with Gasteiger partial charge in [0.25, 0.3) is 0 Å². The van der Waals surface area contributed by atoms with E-state index in [2.05, 4.69) is 27.7 Å². The van der Waals surface area contributed by atoms with Crippen molar-refractivity contribution in [3.63, 3.8) is 0 Å². The van der Waals surface area contributed by atoms with Crippen molar-refractivity contribution in [1.29, 1.82) is 0 Å². The van der Waals surface area contributed by atoms with Gasteiger partial charge in [-0.2, -0.15) is 0 Å². The maximum Gasteiger partial charge on any atom is 0.338 e. The Hall–Kier alpha value is -1.84. The van der Waals surface area contributed by atoms with E-state index >= 15 is 0 Å². The minimum atomic E-state index is -0.995. The Morgan fingerprint density at radius 2 is 1.45 bits per heavy atom. The van der Waals surface area contributed by atoms with Crippen LogP contribution in [0.15, 0.2) is 24.3 Å². The monoisotopic (exact) mass is 404 g/mol. The fourth-order valence-electron chi connectivity index (χ4n) is 3.71. The first-order chi connectivity index (χ1) is 13.8. The largest absolute Gasteiger partial charge is 0.478 e. The van der Waals surface area contributed by atoms with Crippen molar-refractivity contribution < 1.29 is 19.4 Å². The van der Waals surface area contributed by atoms with Crippen LogP contribution in [0.1, 0.15) is 119 Å². The lowest BCUT2D eigenvalue weighted by atomic mass is 9.87. The predicted molar refractivity (Wildman–Crippen MR) is 119 cm³/mol. The minimum Gasteiger partial charge on any atom is -0.478 e. The van der Waals surface area contributed by atoms with Crippen LogP contribution in [0.5, 0.6) is 0 Å². The molecule has 0 aromatic heterocycles. The lowest BCUT2D eigenvalue weighted by molar-refractivity contribution is -0.0323. The van der Waals surface area contributed by atoms with E-state index in [1.165, 1.54) is 44.2 Å². The van der Waals surface area contributed by atoms with Crippen molar-refractivity contribution in [2.75, 3.05) is 0 Å². The molecule has 0 bridgehead atoms. The van der Waals surface area contributed by atoms with Crippen LogP contribution >= 0.6 is 0 Å². The summed E-state index contributed by atoms with van der Waals surface area (Å²) in [5.41, 5.74) is 0.169. The molecule has 1 unspecified atom stereocenters. The summed E-state index contributed by atoms with van der Waals surface area (Å²) >= 11 is 0. The first-order valence-corrected chi connectivity index (χ1v) is 11.4. The molecule has 0 aliphatic rings. The summed E-state index contributed by atoms with van der Waals surface area (Å²) in [7, 11) is 0. The SMILES string of the molecule is CCCCCCC(CC)(CCCCCC(C)C)OC(=O)c1ccc(C(=O)O)cc1. The molecule has 0 aliphatic carbocycles. The summed E-state index contributed by atoms with van der Waals surface area (Å²) < 4.78 is 6.10. The Bertz CT molecular complexity index is 606.